The molecule has 0 heterocycles. The summed E-state index contributed by atoms with van der Waals surface area (Å²) < 4.78 is 11.1. The molecule has 5 heteroatoms. The van der Waals surface area contributed by atoms with Gasteiger partial charge >= 0.3 is 0 Å². The van der Waals surface area contributed by atoms with E-state index >= 15 is 0 Å². The summed E-state index contributed by atoms with van der Waals surface area (Å²) in [6.45, 7) is 2.90. The number of aryl methyl sites for hydroxylation is 1. The SMILES string of the molecule is COc1ccc(OC)c2c1CCC(NCc1cc(C)cc(Cl)c1)C2.Cl. The highest BCUT2D eigenvalue weighted by Gasteiger charge is 2.24. The highest BCUT2D eigenvalue weighted by Crippen LogP contribution is 2.36. The van der Waals surface area contributed by atoms with Crippen molar-refractivity contribution in [3.63, 3.8) is 0 Å². The molecule has 1 unspecified atom stereocenters. The Kier molecular flexibility index (Phi) is 7.00. The van der Waals surface area contributed by atoms with Gasteiger partial charge in [0.15, 0.2) is 0 Å². The third-order valence-corrected chi connectivity index (χ3v) is 4.89. The standard InChI is InChI=1S/C20H24ClNO2.ClH/c1-13-8-14(10-15(21)9-13)12-22-16-4-5-17-18(11-16)20(24-3)7-6-19(17)23-2;/h6-10,16,22H,4-5,11-12H2,1-3H3;1H. The van der Waals surface area contributed by atoms with Crippen LogP contribution in [-0.2, 0) is 19.4 Å². The van der Waals surface area contributed by atoms with E-state index in [9.17, 15) is 0 Å². The van der Waals surface area contributed by atoms with Crippen LogP contribution in [0.3, 0.4) is 0 Å². The average Bonchev–Trinajstić information content (AvgIpc) is 2.58. The second-order valence-electron chi connectivity index (χ2n) is 6.38. The van der Waals surface area contributed by atoms with Gasteiger partial charge in [0.25, 0.3) is 0 Å². The Labute approximate surface area is 161 Å². The molecule has 3 rings (SSSR count). The largest absolute Gasteiger partial charge is 0.496 e. The zero-order valence-corrected chi connectivity index (χ0v) is 16.5. The number of hydrogen-bond acceptors (Lipinski definition) is 3. The highest BCUT2D eigenvalue weighted by atomic mass is 35.5. The molecule has 136 valence electrons. The Morgan fingerprint density at radius 1 is 1.08 bits per heavy atom. The third-order valence-electron chi connectivity index (χ3n) is 4.68. The van der Waals surface area contributed by atoms with Crippen LogP contribution in [-0.4, -0.2) is 20.3 Å². The molecule has 0 spiro atoms. The first-order valence-electron chi connectivity index (χ1n) is 8.33. The predicted octanol–water partition coefficient (Wildman–Crippen LogP) is 4.73. The van der Waals surface area contributed by atoms with Crippen LogP contribution >= 0.6 is 24.0 Å². The van der Waals surface area contributed by atoms with Crippen molar-refractivity contribution in [2.45, 2.75) is 38.8 Å². The van der Waals surface area contributed by atoms with Crippen LogP contribution in [0.1, 0.15) is 28.7 Å². The van der Waals surface area contributed by atoms with Crippen molar-refractivity contribution in [3.05, 3.63) is 57.6 Å². The van der Waals surface area contributed by atoms with Crippen LogP contribution < -0.4 is 14.8 Å². The van der Waals surface area contributed by atoms with Crippen molar-refractivity contribution in [2.75, 3.05) is 14.2 Å². The lowest BCUT2D eigenvalue weighted by molar-refractivity contribution is 0.376. The fourth-order valence-corrected chi connectivity index (χ4v) is 3.86. The maximum atomic E-state index is 6.15. The minimum Gasteiger partial charge on any atom is -0.496 e. The number of methoxy groups -OCH3 is 2. The molecular weight excluding hydrogens is 357 g/mol. The summed E-state index contributed by atoms with van der Waals surface area (Å²) in [5, 5.41) is 4.47. The topological polar surface area (TPSA) is 30.5 Å². The van der Waals surface area contributed by atoms with E-state index in [-0.39, 0.29) is 12.4 Å². The Morgan fingerprint density at radius 2 is 1.76 bits per heavy atom. The molecule has 25 heavy (non-hydrogen) atoms. The van der Waals surface area contributed by atoms with Gasteiger partial charge in [-0.15, -0.1) is 12.4 Å². The molecule has 0 fully saturated rings. The number of fused-ring (bicyclic) bond motifs is 1. The van der Waals surface area contributed by atoms with E-state index in [1.165, 1.54) is 22.3 Å². The molecule has 0 saturated carbocycles. The Balaban J connectivity index is 0.00000225. The highest BCUT2D eigenvalue weighted by molar-refractivity contribution is 6.30. The molecule has 2 aromatic carbocycles. The first-order chi connectivity index (χ1) is 11.6. The summed E-state index contributed by atoms with van der Waals surface area (Å²) in [6, 6.07) is 10.6. The van der Waals surface area contributed by atoms with Gasteiger partial charge in [-0.05, 0) is 61.6 Å². The van der Waals surface area contributed by atoms with Crippen LogP contribution in [0, 0.1) is 6.92 Å². The van der Waals surface area contributed by atoms with Gasteiger partial charge < -0.3 is 14.8 Å². The van der Waals surface area contributed by atoms with Crippen LogP contribution in [0.4, 0.5) is 0 Å². The lowest BCUT2D eigenvalue weighted by atomic mass is 9.87. The number of ether oxygens (including phenoxy) is 2. The summed E-state index contributed by atoms with van der Waals surface area (Å²) >= 11 is 6.15. The Morgan fingerprint density at radius 3 is 2.40 bits per heavy atom. The lowest BCUT2D eigenvalue weighted by Crippen LogP contribution is -2.34. The van der Waals surface area contributed by atoms with E-state index in [0.29, 0.717) is 6.04 Å². The Hall–Kier alpha value is -1.42. The van der Waals surface area contributed by atoms with Crippen LogP contribution in [0.5, 0.6) is 11.5 Å². The number of rotatable bonds is 5. The molecule has 1 aliphatic rings. The smallest absolute Gasteiger partial charge is 0.122 e. The summed E-state index contributed by atoms with van der Waals surface area (Å²) in [5.74, 6) is 1.92. The van der Waals surface area contributed by atoms with Crippen molar-refractivity contribution in [2.24, 2.45) is 0 Å². The number of hydrogen-bond donors (Lipinski definition) is 1. The van der Waals surface area contributed by atoms with Crippen molar-refractivity contribution in [1.82, 2.24) is 5.32 Å². The molecule has 1 N–H and O–H groups in total. The number of nitrogens with one attached hydrogen (secondary N) is 1. The number of benzene rings is 2. The summed E-state index contributed by atoms with van der Waals surface area (Å²) in [6.07, 6.45) is 3.05. The zero-order valence-electron chi connectivity index (χ0n) is 14.9. The number of halogens is 2. The fraction of sp³-hybridized carbons (Fsp3) is 0.400. The van der Waals surface area contributed by atoms with Gasteiger partial charge in [0.1, 0.15) is 11.5 Å². The maximum absolute atomic E-state index is 6.15. The van der Waals surface area contributed by atoms with Gasteiger partial charge in [-0.25, -0.2) is 0 Å². The fourth-order valence-electron chi connectivity index (χ4n) is 3.55. The molecule has 0 radical (unpaired) electrons. The van der Waals surface area contributed by atoms with E-state index < -0.39 is 0 Å². The maximum Gasteiger partial charge on any atom is 0.122 e. The van der Waals surface area contributed by atoms with Crippen LogP contribution in [0.25, 0.3) is 0 Å². The molecule has 1 atom stereocenters. The zero-order chi connectivity index (χ0) is 17.1. The molecule has 0 amide bonds. The van der Waals surface area contributed by atoms with E-state index in [1.807, 2.05) is 24.3 Å². The quantitative estimate of drug-likeness (QED) is 0.811. The van der Waals surface area contributed by atoms with Gasteiger partial charge in [-0.2, -0.15) is 0 Å². The molecule has 0 aromatic heterocycles. The monoisotopic (exact) mass is 381 g/mol. The normalized spacial score (nSPS) is 15.9. The summed E-state index contributed by atoms with van der Waals surface area (Å²) in [5.41, 5.74) is 4.97. The van der Waals surface area contributed by atoms with E-state index in [4.69, 9.17) is 21.1 Å². The van der Waals surface area contributed by atoms with Gasteiger partial charge in [0.05, 0.1) is 14.2 Å². The Bertz CT molecular complexity index is 714. The van der Waals surface area contributed by atoms with Gasteiger partial charge in [-0.1, -0.05) is 17.7 Å². The van der Waals surface area contributed by atoms with Crippen LogP contribution in [0.15, 0.2) is 30.3 Å². The second-order valence-corrected chi connectivity index (χ2v) is 6.82. The van der Waals surface area contributed by atoms with Gasteiger partial charge in [0, 0.05) is 28.7 Å². The molecule has 3 nitrogen and oxygen atoms in total. The third kappa shape index (κ3) is 4.60. The molecule has 0 aliphatic heterocycles. The summed E-state index contributed by atoms with van der Waals surface area (Å²) in [7, 11) is 3.46. The predicted molar refractivity (Wildman–Crippen MR) is 106 cm³/mol. The molecule has 2 aromatic rings. The van der Waals surface area contributed by atoms with Gasteiger partial charge in [-0.3, -0.25) is 0 Å². The average molecular weight is 382 g/mol. The minimum absolute atomic E-state index is 0. The van der Waals surface area contributed by atoms with Crippen molar-refractivity contribution < 1.29 is 9.47 Å². The van der Waals surface area contributed by atoms with Crippen LogP contribution in [0.2, 0.25) is 5.02 Å². The molecular formula is C20H25Cl2NO2. The van der Waals surface area contributed by atoms with Crippen molar-refractivity contribution in [1.29, 1.82) is 0 Å². The first kappa shape index (κ1) is 19.9. The lowest BCUT2D eigenvalue weighted by Gasteiger charge is -2.28. The van der Waals surface area contributed by atoms with Gasteiger partial charge in [0.2, 0.25) is 0 Å². The first-order valence-corrected chi connectivity index (χ1v) is 8.70. The molecule has 0 saturated heterocycles. The molecule has 1 aliphatic carbocycles. The minimum atomic E-state index is 0. The van der Waals surface area contributed by atoms with E-state index in [1.54, 1.807) is 14.2 Å². The second kappa shape index (κ2) is 8.79. The van der Waals surface area contributed by atoms with E-state index in [0.717, 1.165) is 42.3 Å². The molecule has 0 bridgehead atoms. The summed E-state index contributed by atoms with van der Waals surface area (Å²) in [4.78, 5) is 0. The van der Waals surface area contributed by atoms with Crippen molar-refractivity contribution in [3.8, 4) is 11.5 Å². The van der Waals surface area contributed by atoms with E-state index in [2.05, 4.69) is 18.3 Å². The van der Waals surface area contributed by atoms with Crippen molar-refractivity contribution >= 4 is 24.0 Å².